The van der Waals surface area contributed by atoms with E-state index in [1.54, 1.807) is 25.1 Å². The number of benzene rings is 1. The van der Waals surface area contributed by atoms with Gasteiger partial charge >= 0.3 is 0 Å². The molecule has 0 saturated heterocycles. The third-order valence-electron chi connectivity index (χ3n) is 2.82. The molecule has 0 aromatic heterocycles. The molecule has 2 amide bonds. The minimum absolute atomic E-state index is 0.155. The SMILES string of the molecule is CCNC(=O)c1ccc(C)c(NC(=O)C(C)OC)c1. The maximum atomic E-state index is 11.8. The summed E-state index contributed by atoms with van der Waals surface area (Å²) in [5, 5.41) is 5.47. The van der Waals surface area contributed by atoms with Crippen molar-refractivity contribution in [3.05, 3.63) is 29.3 Å². The van der Waals surface area contributed by atoms with E-state index in [0.29, 0.717) is 17.8 Å². The molecule has 0 spiro atoms. The maximum Gasteiger partial charge on any atom is 0.253 e. The second-order valence-corrected chi connectivity index (χ2v) is 4.26. The molecule has 0 radical (unpaired) electrons. The molecular formula is C14H20N2O3. The van der Waals surface area contributed by atoms with E-state index in [1.165, 1.54) is 7.11 Å². The molecule has 0 aliphatic heterocycles. The third-order valence-corrected chi connectivity index (χ3v) is 2.82. The lowest BCUT2D eigenvalue weighted by atomic mass is 10.1. The summed E-state index contributed by atoms with van der Waals surface area (Å²) in [7, 11) is 1.47. The smallest absolute Gasteiger partial charge is 0.253 e. The van der Waals surface area contributed by atoms with Gasteiger partial charge in [-0.15, -0.1) is 0 Å². The highest BCUT2D eigenvalue weighted by Crippen LogP contribution is 2.17. The van der Waals surface area contributed by atoms with Crippen LogP contribution in [0.3, 0.4) is 0 Å². The molecule has 0 heterocycles. The number of nitrogens with one attached hydrogen (secondary N) is 2. The summed E-state index contributed by atoms with van der Waals surface area (Å²) < 4.78 is 4.95. The van der Waals surface area contributed by atoms with Crippen molar-refractivity contribution in [2.75, 3.05) is 19.0 Å². The number of hydrogen-bond donors (Lipinski definition) is 2. The van der Waals surface area contributed by atoms with Gasteiger partial charge in [0, 0.05) is 24.9 Å². The average Bonchev–Trinajstić information content (AvgIpc) is 2.40. The van der Waals surface area contributed by atoms with Gasteiger partial charge < -0.3 is 15.4 Å². The zero-order chi connectivity index (χ0) is 14.4. The zero-order valence-corrected chi connectivity index (χ0v) is 11.7. The fourth-order valence-corrected chi connectivity index (χ4v) is 1.50. The van der Waals surface area contributed by atoms with Crippen LogP contribution in [0.1, 0.15) is 29.8 Å². The number of amides is 2. The van der Waals surface area contributed by atoms with Crippen molar-refractivity contribution in [1.29, 1.82) is 0 Å². The van der Waals surface area contributed by atoms with Gasteiger partial charge in [-0.2, -0.15) is 0 Å². The van der Waals surface area contributed by atoms with Gasteiger partial charge in [0.05, 0.1) is 0 Å². The number of anilines is 1. The fourth-order valence-electron chi connectivity index (χ4n) is 1.50. The molecule has 0 aliphatic carbocycles. The van der Waals surface area contributed by atoms with Crippen LogP contribution in [0.25, 0.3) is 0 Å². The Morgan fingerprint density at radius 2 is 2.05 bits per heavy atom. The minimum atomic E-state index is -0.535. The lowest BCUT2D eigenvalue weighted by Crippen LogP contribution is -2.27. The summed E-state index contributed by atoms with van der Waals surface area (Å²) in [6.45, 7) is 5.96. The Hall–Kier alpha value is -1.88. The first-order valence-corrected chi connectivity index (χ1v) is 6.22. The van der Waals surface area contributed by atoms with Crippen molar-refractivity contribution in [2.45, 2.75) is 26.9 Å². The Morgan fingerprint density at radius 1 is 1.37 bits per heavy atom. The van der Waals surface area contributed by atoms with Gasteiger partial charge in [0.25, 0.3) is 11.8 Å². The van der Waals surface area contributed by atoms with Gasteiger partial charge in [-0.3, -0.25) is 9.59 Å². The fraction of sp³-hybridized carbons (Fsp3) is 0.429. The maximum absolute atomic E-state index is 11.8. The number of ether oxygens (including phenoxy) is 1. The second kappa shape index (κ2) is 6.89. The number of rotatable bonds is 5. The molecule has 1 unspecified atom stereocenters. The van der Waals surface area contributed by atoms with Gasteiger partial charge in [0.1, 0.15) is 6.10 Å². The van der Waals surface area contributed by atoms with Crippen molar-refractivity contribution in [3.8, 4) is 0 Å². The average molecular weight is 264 g/mol. The van der Waals surface area contributed by atoms with Crippen LogP contribution < -0.4 is 10.6 Å². The third kappa shape index (κ3) is 4.06. The molecule has 1 atom stereocenters. The topological polar surface area (TPSA) is 67.4 Å². The first-order chi connectivity index (χ1) is 8.99. The summed E-state index contributed by atoms with van der Waals surface area (Å²) in [4.78, 5) is 23.5. The Kier molecular flexibility index (Phi) is 5.51. The van der Waals surface area contributed by atoms with E-state index in [9.17, 15) is 9.59 Å². The van der Waals surface area contributed by atoms with E-state index in [-0.39, 0.29) is 11.8 Å². The van der Waals surface area contributed by atoms with E-state index in [4.69, 9.17) is 4.74 Å². The molecule has 2 N–H and O–H groups in total. The van der Waals surface area contributed by atoms with E-state index >= 15 is 0 Å². The van der Waals surface area contributed by atoms with Gasteiger partial charge in [-0.05, 0) is 38.5 Å². The molecule has 0 saturated carbocycles. The Balaban J connectivity index is 2.91. The summed E-state index contributed by atoms with van der Waals surface area (Å²) >= 11 is 0. The first kappa shape index (κ1) is 15.2. The first-order valence-electron chi connectivity index (χ1n) is 6.22. The summed E-state index contributed by atoms with van der Waals surface area (Å²) in [6, 6.07) is 5.20. The molecule has 5 nitrogen and oxygen atoms in total. The van der Waals surface area contributed by atoms with E-state index in [1.807, 2.05) is 13.8 Å². The number of carbonyl (C=O) groups is 2. The predicted molar refractivity (Wildman–Crippen MR) is 74.3 cm³/mol. The van der Waals surface area contributed by atoms with Crippen LogP contribution in [0.5, 0.6) is 0 Å². The standard InChI is InChI=1S/C14H20N2O3/c1-5-15-14(18)11-7-6-9(2)12(8-11)16-13(17)10(3)19-4/h6-8,10H,5H2,1-4H3,(H,15,18)(H,16,17). The predicted octanol–water partition coefficient (Wildman–Crippen LogP) is 1.72. The molecule has 0 aliphatic rings. The van der Waals surface area contributed by atoms with Crippen LogP contribution in [-0.2, 0) is 9.53 Å². The van der Waals surface area contributed by atoms with Crippen LogP contribution in [0.2, 0.25) is 0 Å². The summed E-state index contributed by atoms with van der Waals surface area (Å²) in [5.74, 6) is -0.392. The van der Waals surface area contributed by atoms with Crippen LogP contribution in [0, 0.1) is 6.92 Å². The molecule has 1 aromatic carbocycles. The van der Waals surface area contributed by atoms with Gasteiger partial charge in [0.2, 0.25) is 0 Å². The minimum Gasteiger partial charge on any atom is -0.372 e. The molecule has 0 fully saturated rings. The van der Waals surface area contributed by atoms with Gasteiger partial charge in [-0.1, -0.05) is 6.07 Å². The molecule has 104 valence electrons. The number of methoxy groups -OCH3 is 1. The second-order valence-electron chi connectivity index (χ2n) is 4.26. The monoisotopic (exact) mass is 264 g/mol. The van der Waals surface area contributed by atoms with E-state index in [0.717, 1.165) is 5.56 Å². The normalized spacial score (nSPS) is 11.8. The van der Waals surface area contributed by atoms with E-state index in [2.05, 4.69) is 10.6 Å². The summed E-state index contributed by atoms with van der Waals surface area (Å²) in [6.07, 6.45) is -0.535. The summed E-state index contributed by atoms with van der Waals surface area (Å²) in [5.41, 5.74) is 2.04. The van der Waals surface area contributed by atoms with Crippen LogP contribution in [-0.4, -0.2) is 31.6 Å². The lowest BCUT2D eigenvalue weighted by Gasteiger charge is -2.13. The number of hydrogen-bond acceptors (Lipinski definition) is 3. The Morgan fingerprint density at radius 3 is 2.63 bits per heavy atom. The molecule has 5 heteroatoms. The van der Waals surface area contributed by atoms with Crippen molar-refractivity contribution in [3.63, 3.8) is 0 Å². The molecule has 1 aromatic rings. The van der Waals surface area contributed by atoms with Crippen molar-refractivity contribution in [2.24, 2.45) is 0 Å². The quantitative estimate of drug-likeness (QED) is 0.851. The number of carbonyl (C=O) groups excluding carboxylic acids is 2. The van der Waals surface area contributed by atoms with E-state index < -0.39 is 6.10 Å². The van der Waals surface area contributed by atoms with Gasteiger partial charge in [0.15, 0.2) is 0 Å². The molecule has 1 rings (SSSR count). The van der Waals surface area contributed by atoms with Crippen molar-refractivity contribution >= 4 is 17.5 Å². The highest BCUT2D eigenvalue weighted by molar-refractivity contribution is 5.98. The lowest BCUT2D eigenvalue weighted by molar-refractivity contribution is -0.124. The van der Waals surface area contributed by atoms with Crippen molar-refractivity contribution in [1.82, 2.24) is 5.32 Å². The van der Waals surface area contributed by atoms with Crippen LogP contribution >= 0.6 is 0 Å². The van der Waals surface area contributed by atoms with Crippen LogP contribution in [0.15, 0.2) is 18.2 Å². The Bertz CT molecular complexity index is 472. The molecule has 19 heavy (non-hydrogen) atoms. The largest absolute Gasteiger partial charge is 0.372 e. The molecular weight excluding hydrogens is 244 g/mol. The highest BCUT2D eigenvalue weighted by atomic mass is 16.5. The Labute approximate surface area is 113 Å². The van der Waals surface area contributed by atoms with Crippen molar-refractivity contribution < 1.29 is 14.3 Å². The van der Waals surface area contributed by atoms with Crippen LogP contribution in [0.4, 0.5) is 5.69 Å². The molecule has 0 bridgehead atoms. The number of aryl methyl sites for hydroxylation is 1. The zero-order valence-electron chi connectivity index (χ0n) is 11.7. The van der Waals surface area contributed by atoms with Gasteiger partial charge in [-0.25, -0.2) is 0 Å². The highest BCUT2D eigenvalue weighted by Gasteiger charge is 2.14.